The molecule has 10 heteroatoms. The number of benzene rings is 2. The Labute approximate surface area is 168 Å². The molecule has 0 aromatic heterocycles. The first-order valence-electron chi connectivity index (χ1n) is 8.87. The van der Waals surface area contributed by atoms with E-state index in [1.807, 2.05) is 13.8 Å². The third-order valence-electron chi connectivity index (χ3n) is 3.75. The van der Waals surface area contributed by atoms with Crippen LogP contribution in [0.1, 0.15) is 20.3 Å². The van der Waals surface area contributed by atoms with E-state index in [4.69, 9.17) is 13.8 Å². The lowest BCUT2D eigenvalue weighted by atomic mass is 10.1. The van der Waals surface area contributed by atoms with Gasteiger partial charge in [0.25, 0.3) is 5.69 Å². The zero-order valence-electron chi connectivity index (χ0n) is 16.3. The minimum Gasteiger partial charge on any atom is -0.468 e. The van der Waals surface area contributed by atoms with Crippen molar-refractivity contribution in [1.29, 1.82) is 0 Å². The van der Waals surface area contributed by atoms with E-state index in [1.165, 1.54) is 31.4 Å². The number of nitro benzene ring substituents is 1. The van der Waals surface area contributed by atoms with Crippen LogP contribution in [0.4, 0.5) is 5.69 Å². The molecule has 0 fully saturated rings. The maximum atomic E-state index is 13.5. The fourth-order valence-corrected chi connectivity index (χ4v) is 4.00. The van der Waals surface area contributed by atoms with Crippen LogP contribution in [0.3, 0.4) is 0 Å². The maximum absolute atomic E-state index is 13.5. The summed E-state index contributed by atoms with van der Waals surface area (Å²) in [5.74, 6) is -0.173. The van der Waals surface area contributed by atoms with E-state index in [9.17, 15) is 19.5 Å². The summed E-state index contributed by atoms with van der Waals surface area (Å²) in [6.07, 6.45) is 0.332. The monoisotopic (exact) mass is 422 g/mol. The molecular weight excluding hydrogens is 399 g/mol. The molecule has 0 heterocycles. The Morgan fingerprint density at radius 3 is 2.10 bits per heavy atom. The van der Waals surface area contributed by atoms with Crippen LogP contribution in [-0.4, -0.2) is 24.0 Å². The van der Waals surface area contributed by atoms with Crippen LogP contribution in [0.25, 0.3) is 0 Å². The number of nitro groups is 1. The number of hydrogen-bond donors (Lipinski definition) is 1. The zero-order chi connectivity index (χ0) is 21.4. The number of esters is 1. The lowest BCUT2D eigenvalue weighted by molar-refractivity contribution is -0.384. The average molecular weight is 422 g/mol. The predicted molar refractivity (Wildman–Crippen MR) is 107 cm³/mol. The van der Waals surface area contributed by atoms with Gasteiger partial charge in [0.05, 0.1) is 12.0 Å². The van der Waals surface area contributed by atoms with E-state index in [0.717, 1.165) is 0 Å². The number of non-ortho nitro benzene ring substituents is 1. The molecule has 0 amide bonds. The zero-order valence-corrected chi connectivity index (χ0v) is 17.2. The van der Waals surface area contributed by atoms with Gasteiger partial charge in [-0.1, -0.05) is 32.0 Å². The highest BCUT2D eigenvalue weighted by Gasteiger charge is 2.36. The van der Waals surface area contributed by atoms with Crippen LogP contribution in [0.15, 0.2) is 54.6 Å². The molecule has 156 valence electrons. The third kappa shape index (κ3) is 6.89. The molecule has 2 aromatic carbocycles. The molecule has 1 N–H and O–H groups in total. The molecule has 2 atom stereocenters. The largest absolute Gasteiger partial charge is 0.513 e. The Morgan fingerprint density at radius 2 is 1.62 bits per heavy atom. The summed E-state index contributed by atoms with van der Waals surface area (Å²) in [5, 5.41) is 13.5. The SMILES string of the molecule is COC(=O)C(CC(C)C)NP(=O)(Oc1ccccc1)Oc1ccc([N+](=O)[O-])cc1. The first-order chi connectivity index (χ1) is 13.7. The van der Waals surface area contributed by atoms with Gasteiger partial charge in [0.1, 0.15) is 17.5 Å². The van der Waals surface area contributed by atoms with Crippen LogP contribution < -0.4 is 14.1 Å². The van der Waals surface area contributed by atoms with E-state index >= 15 is 0 Å². The van der Waals surface area contributed by atoms with E-state index < -0.39 is 24.7 Å². The van der Waals surface area contributed by atoms with Crippen molar-refractivity contribution in [1.82, 2.24) is 5.09 Å². The molecule has 0 saturated heterocycles. The summed E-state index contributed by atoms with van der Waals surface area (Å²) >= 11 is 0. The molecule has 0 aliphatic rings. The van der Waals surface area contributed by atoms with Gasteiger partial charge in [0.15, 0.2) is 0 Å². The Bertz CT molecular complexity index is 872. The Morgan fingerprint density at radius 1 is 1.07 bits per heavy atom. The fraction of sp³-hybridized carbons (Fsp3) is 0.316. The van der Waals surface area contributed by atoms with Crippen LogP contribution in [-0.2, 0) is 14.1 Å². The van der Waals surface area contributed by atoms with Crippen molar-refractivity contribution in [3.63, 3.8) is 0 Å². The van der Waals surface area contributed by atoms with Crippen molar-refractivity contribution < 1.29 is 28.1 Å². The van der Waals surface area contributed by atoms with Crippen molar-refractivity contribution in [3.05, 3.63) is 64.7 Å². The lowest BCUT2D eigenvalue weighted by Gasteiger charge is -2.25. The van der Waals surface area contributed by atoms with Crippen molar-refractivity contribution in [2.75, 3.05) is 7.11 Å². The summed E-state index contributed by atoms with van der Waals surface area (Å²) in [4.78, 5) is 22.4. The summed E-state index contributed by atoms with van der Waals surface area (Å²) < 4.78 is 29.4. The first-order valence-corrected chi connectivity index (χ1v) is 10.4. The molecule has 0 bridgehead atoms. The molecule has 0 radical (unpaired) electrons. The first kappa shape index (κ1) is 22.4. The van der Waals surface area contributed by atoms with Crippen molar-refractivity contribution in [2.45, 2.75) is 26.3 Å². The minimum absolute atomic E-state index is 0.0792. The second kappa shape index (κ2) is 10.0. The Kier molecular flexibility index (Phi) is 7.75. The Hall–Kier alpha value is -2.90. The predicted octanol–water partition coefficient (Wildman–Crippen LogP) is 4.34. The lowest BCUT2D eigenvalue weighted by Crippen LogP contribution is -2.38. The molecule has 29 heavy (non-hydrogen) atoms. The van der Waals surface area contributed by atoms with E-state index in [2.05, 4.69) is 5.09 Å². The number of ether oxygens (including phenoxy) is 1. The molecule has 2 unspecified atom stereocenters. The van der Waals surface area contributed by atoms with Gasteiger partial charge < -0.3 is 13.8 Å². The molecular formula is C19H23N2O7P. The maximum Gasteiger partial charge on any atom is 0.513 e. The van der Waals surface area contributed by atoms with Crippen LogP contribution >= 0.6 is 7.75 Å². The van der Waals surface area contributed by atoms with Gasteiger partial charge >= 0.3 is 13.7 Å². The van der Waals surface area contributed by atoms with Gasteiger partial charge in [-0.25, -0.2) is 4.57 Å². The molecule has 2 rings (SSSR count). The molecule has 0 spiro atoms. The van der Waals surface area contributed by atoms with E-state index in [-0.39, 0.29) is 23.1 Å². The third-order valence-corrected chi connectivity index (χ3v) is 5.28. The number of carbonyl (C=O) groups is 1. The number of hydrogen-bond acceptors (Lipinski definition) is 7. The van der Waals surface area contributed by atoms with Gasteiger partial charge in [0.2, 0.25) is 0 Å². The van der Waals surface area contributed by atoms with Gasteiger partial charge in [-0.3, -0.25) is 14.9 Å². The number of para-hydroxylation sites is 1. The van der Waals surface area contributed by atoms with Crippen LogP contribution in [0.5, 0.6) is 11.5 Å². The summed E-state index contributed by atoms with van der Waals surface area (Å²) in [7, 11) is -2.87. The summed E-state index contributed by atoms with van der Waals surface area (Å²) in [6.45, 7) is 3.80. The summed E-state index contributed by atoms with van der Waals surface area (Å²) in [5.41, 5.74) is -0.142. The second-order valence-corrected chi connectivity index (χ2v) is 8.20. The average Bonchev–Trinajstić information content (AvgIpc) is 2.67. The van der Waals surface area contributed by atoms with Gasteiger partial charge in [-0.2, -0.15) is 5.09 Å². The van der Waals surface area contributed by atoms with Crippen molar-refractivity contribution in [3.8, 4) is 11.5 Å². The number of nitrogens with one attached hydrogen (secondary N) is 1. The molecule has 0 aliphatic heterocycles. The van der Waals surface area contributed by atoms with Crippen LogP contribution in [0, 0.1) is 16.0 Å². The number of nitrogens with zero attached hydrogens (tertiary/aromatic N) is 1. The highest BCUT2D eigenvalue weighted by molar-refractivity contribution is 7.52. The quantitative estimate of drug-likeness (QED) is 0.260. The highest BCUT2D eigenvalue weighted by atomic mass is 31.2. The number of carbonyl (C=O) groups excluding carboxylic acids is 1. The summed E-state index contributed by atoms with van der Waals surface area (Å²) in [6, 6.07) is 12.4. The normalized spacial score (nSPS) is 13.9. The number of rotatable bonds is 10. The van der Waals surface area contributed by atoms with E-state index in [0.29, 0.717) is 6.42 Å². The molecule has 0 saturated carbocycles. The van der Waals surface area contributed by atoms with E-state index in [1.54, 1.807) is 30.3 Å². The van der Waals surface area contributed by atoms with Crippen molar-refractivity contribution in [2.24, 2.45) is 5.92 Å². The minimum atomic E-state index is -4.10. The van der Waals surface area contributed by atoms with Crippen LogP contribution in [0.2, 0.25) is 0 Å². The highest BCUT2D eigenvalue weighted by Crippen LogP contribution is 2.46. The topological polar surface area (TPSA) is 117 Å². The molecule has 2 aromatic rings. The van der Waals surface area contributed by atoms with Gasteiger partial charge in [-0.05, 0) is 36.6 Å². The number of methoxy groups -OCH3 is 1. The molecule has 9 nitrogen and oxygen atoms in total. The Balaban J connectivity index is 2.32. The van der Waals surface area contributed by atoms with Crippen molar-refractivity contribution >= 4 is 19.4 Å². The van der Waals surface area contributed by atoms with Gasteiger partial charge in [0, 0.05) is 12.1 Å². The standard InChI is InChI=1S/C19H23N2O7P/c1-14(2)13-18(19(22)26-3)20-29(25,27-16-7-5-4-6-8-16)28-17-11-9-15(10-12-17)21(23)24/h4-12,14,18H,13H2,1-3H3,(H,20,25). The second-order valence-electron chi connectivity index (χ2n) is 6.58. The fourth-order valence-electron chi connectivity index (χ4n) is 2.47. The smallest absolute Gasteiger partial charge is 0.468 e. The van der Waals surface area contributed by atoms with Gasteiger partial charge in [-0.15, -0.1) is 0 Å². The molecule has 0 aliphatic carbocycles.